The topological polar surface area (TPSA) is 112 Å². The fourth-order valence-electron chi connectivity index (χ4n) is 2.38. The van der Waals surface area contributed by atoms with E-state index in [1.807, 2.05) is 0 Å². The van der Waals surface area contributed by atoms with E-state index in [2.05, 4.69) is 0 Å². The molecule has 2 heterocycles. The van der Waals surface area contributed by atoms with Crippen LogP contribution in [0.5, 0.6) is 0 Å². The van der Waals surface area contributed by atoms with E-state index in [0.29, 0.717) is 21.2 Å². The van der Waals surface area contributed by atoms with Gasteiger partial charge >= 0.3 is 6.03 Å². The Balaban J connectivity index is 0.00000132. The number of thiophene rings is 1. The number of ketones is 1. The first-order valence-corrected chi connectivity index (χ1v) is 7.27. The number of nitrogens with two attached hydrogens (primary N) is 1. The number of anilines is 1. The number of halogens is 1. The zero-order valence-corrected chi connectivity index (χ0v) is 15.6. The molecule has 0 fully saturated rings. The van der Waals surface area contributed by atoms with Gasteiger partial charge in [-0.2, -0.15) is 0 Å². The van der Waals surface area contributed by atoms with Crippen LogP contribution in [0.3, 0.4) is 0 Å². The summed E-state index contributed by atoms with van der Waals surface area (Å²) in [5.74, 6) is -2.08. The molecule has 0 bridgehead atoms. The Labute approximate surface area is 162 Å². The van der Waals surface area contributed by atoms with Gasteiger partial charge in [0.1, 0.15) is 5.92 Å². The summed E-state index contributed by atoms with van der Waals surface area (Å²) in [4.78, 5) is 37.7. The molecule has 1 radical (unpaired) electrons. The monoisotopic (exact) mass is 361 g/mol. The maximum Gasteiger partial charge on any atom is 0.326 e. The minimum absolute atomic E-state index is 0. The van der Waals surface area contributed by atoms with Gasteiger partial charge < -0.3 is 11.2 Å². The third-order valence-corrected chi connectivity index (χ3v) is 4.37. The number of fused-ring (bicyclic) bond motifs is 1. The molecule has 2 aromatic rings. The number of primary amides is 1. The van der Waals surface area contributed by atoms with Crippen molar-refractivity contribution in [3.8, 4) is 0 Å². The second kappa shape index (κ2) is 7.57. The fraction of sp³-hybridized carbons (Fsp3) is 0.0714. The van der Waals surface area contributed by atoms with Gasteiger partial charge in [0.2, 0.25) is 0 Å². The Morgan fingerprint density at radius 2 is 1.96 bits per heavy atom. The molecule has 0 aliphatic carbocycles. The number of carbonyl (C=O) groups is 3. The predicted molar refractivity (Wildman–Crippen MR) is 89.3 cm³/mol. The third kappa shape index (κ3) is 3.35. The summed E-state index contributed by atoms with van der Waals surface area (Å²) in [5, 5.41) is 2.13. The molecule has 6 nitrogen and oxygen atoms in total. The average Bonchev–Trinajstić information content (AvgIpc) is 3.03. The van der Waals surface area contributed by atoms with Crippen molar-refractivity contribution < 1.29 is 19.9 Å². The van der Waals surface area contributed by atoms with Crippen LogP contribution in [0.1, 0.15) is 21.2 Å². The minimum atomic E-state index is -1.08. The Morgan fingerprint density at radius 3 is 2.52 bits per heavy atom. The fourth-order valence-corrected chi connectivity index (χ4v) is 3.26. The molecule has 1 aromatic heterocycles. The van der Waals surface area contributed by atoms with Crippen LogP contribution in [0.4, 0.5) is 10.5 Å². The first-order chi connectivity index (χ1) is 10.0. The van der Waals surface area contributed by atoms with E-state index >= 15 is 0 Å². The molecule has 0 saturated carbocycles. The third-order valence-electron chi connectivity index (χ3n) is 3.26. The molecule has 0 spiro atoms. The number of Topliss-reactive ketones (excluding diaryl/α,β-unsaturated/α-hetero) is 1. The number of hydrogen-bond acceptors (Lipinski definition) is 4. The Bertz CT molecular complexity index is 766. The zero-order chi connectivity index (χ0) is 15.1. The van der Waals surface area contributed by atoms with Gasteiger partial charge in [-0.3, -0.25) is 9.59 Å². The molecule has 23 heavy (non-hydrogen) atoms. The zero-order valence-electron chi connectivity index (χ0n) is 12.1. The number of hydrogen-bond donors (Lipinski definition) is 1. The molecule has 9 heteroatoms. The van der Waals surface area contributed by atoms with Crippen molar-refractivity contribution in [2.24, 2.45) is 5.73 Å². The second-order valence-corrected chi connectivity index (χ2v) is 5.87. The van der Waals surface area contributed by atoms with Crippen molar-refractivity contribution in [3.63, 3.8) is 0 Å². The van der Waals surface area contributed by atoms with E-state index in [9.17, 15) is 14.4 Å². The van der Waals surface area contributed by atoms with Crippen molar-refractivity contribution in [2.45, 2.75) is 5.92 Å². The van der Waals surface area contributed by atoms with Crippen molar-refractivity contribution in [3.05, 3.63) is 51.2 Å². The molecule has 1 aromatic carbocycles. The van der Waals surface area contributed by atoms with Crippen molar-refractivity contribution in [1.82, 2.24) is 0 Å². The summed E-state index contributed by atoms with van der Waals surface area (Å²) in [6, 6.07) is 7.03. The van der Waals surface area contributed by atoms with E-state index in [1.54, 1.807) is 23.6 Å². The summed E-state index contributed by atoms with van der Waals surface area (Å²) < 4.78 is 0. The molecule has 4 N–H and O–H groups in total. The van der Waals surface area contributed by atoms with Crippen molar-refractivity contribution >= 4 is 75.9 Å². The van der Waals surface area contributed by atoms with E-state index in [4.69, 9.17) is 17.3 Å². The number of benzene rings is 1. The van der Waals surface area contributed by atoms with E-state index in [1.165, 1.54) is 23.5 Å². The molecule has 1 unspecified atom stereocenters. The normalized spacial score (nSPS) is 15.4. The van der Waals surface area contributed by atoms with E-state index < -0.39 is 17.9 Å². The standard InChI is InChI=1S/C14H9ClN2O3S.Na.H2O/c15-7-3-4-9-8(6-7)11(13(19)17(9)14(16)20)12(18)10-2-1-5-21-10;;/h1-6,11H,(H2,16,20);;1H2. The number of urea groups is 1. The smallest absolute Gasteiger partial charge is 0.326 e. The first kappa shape index (κ1) is 19.8. The number of carbonyl (C=O) groups excluding carboxylic acids is 3. The molecular weight excluding hydrogens is 351 g/mol. The van der Waals surface area contributed by atoms with Crippen LogP contribution in [0.15, 0.2) is 35.7 Å². The number of amides is 3. The maximum absolute atomic E-state index is 12.5. The second-order valence-electron chi connectivity index (χ2n) is 4.49. The molecule has 1 aliphatic rings. The average molecular weight is 362 g/mol. The van der Waals surface area contributed by atoms with Crippen LogP contribution < -0.4 is 10.6 Å². The van der Waals surface area contributed by atoms with E-state index in [-0.39, 0.29) is 40.8 Å². The number of imide groups is 1. The predicted octanol–water partition coefficient (Wildman–Crippen LogP) is 1.59. The van der Waals surface area contributed by atoms with Crippen LogP contribution in [-0.2, 0) is 4.79 Å². The Kier molecular flexibility index (Phi) is 6.52. The Hall–Kier alpha value is -1.22. The summed E-state index contributed by atoms with van der Waals surface area (Å²) in [6.45, 7) is 0. The molecule has 115 valence electrons. The van der Waals surface area contributed by atoms with Gasteiger partial charge in [0.05, 0.1) is 10.6 Å². The van der Waals surface area contributed by atoms with Crippen LogP contribution >= 0.6 is 22.9 Å². The molecule has 0 saturated heterocycles. The Morgan fingerprint density at radius 1 is 1.26 bits per heavy atom. The van der Waals surface area contributed by atoms with E-state index in [0.717, 1.165) is 4.90 Å². The van der Waals surface area contributed by atoms with Crippen LogP contribution in [0.2, 0.25) is 5.02 Å². The van der Waals surface area contributed by atoms with Crippen molar-refractivity contribution in [1.29, 1.82) is 0 Å². The number of rotatable bonds is 2. The van der Waals surface area contributed by atoms with Gasteiger partial charge in [0, 0.05) is 34.6 Å². The van der Waals surface area contributed by atoms with Crippen LogP contribution in [0.25, 0.3) is 0 Å². The van der Waals surface area contributed by atoms with Gasteiger partial charge in [-0.25, -0.2) is 9.69 Å². The van der Waals surface area contributed by atoms with Gasteiger partial charge in [-0.1, -0.05) is 17.7 Å². The van der Waals surface area contributed by atoms with Gasteiger partial charge in [0.25, 0.3) is 5.91 Å². The van der Waals surface area contributed by atoms with Crippen LogP contribution in [0, 0.1) is 0 Å². The largest absolute Gasteiger partial charge is 0.412 e. The summed E-state index contributed by atoms with van der Waals surface area (Å²) in [5.41, 5.74) is 5.97. The molecule has 1 atom stereocenters. The molecular formula is C14H11ClN2NaO4S. The summed E-state index contributed by atoms with van der Waals surface area (Å²) >= 11 is 7.18. The SMILES string of the molecule is NC(=O)N1C(=O)C(C(=O)c2cccs2)c2cc(Cl)ccc21.O.[Na]. The van der Waals surface area contributed by atoms with Crippen LogP contribution in [-0.4, -0.2) is 52.8 Å². The number of nitrogens with zero attached hydrogens (tertiary/aromatic N) is 1. The summed E-state index contributed by atoms with van der Waals surface area (Å²) in [7, 11) is 0. The molecule has 3 amide bonds. The summed E-state index contributed by atoms with van der Waals surface area (Å²) in [6.07, 6.45) is 0. The molecule has 3 rings (SSSR count). The first-order valence-electron chi connectivity index (χ1n) is 6.01. The minimum Gasteiger partial charge on any atom is -0.412 e. The maximum atomic E-state index is 12.5. The van der Waals surface area contributed by atoms with Crippen molar-refractivity contribution in [2.75, 3.05) is 4.90 Å². The van der Waals surface area contributed by atoms with Gasteiger partial charge in [-0.05, 0) is 35.2 Å². The van der Waals surface area contributed by atoms with Gasteiger partial charge in [0.15, 0.2) is 5.78 Å². The van der Waals surface area contributed by atoms with Gasteiger partial charge in [-0.15, -0.1) is 11.3 Å². The quantitative estimate of drug-likeness (QED) is 0.498. The molecule has 1 aliphatic heterocycles.